The van der Waals surface area contributed by atoms with Gasteiger partial charge in [-0.05, 0) is 12.5 Å². The molecule has 0 bridgehead atoms. The highest BCUT2D eigenvalue weighted by Crippen LogP contribution is 2.41. The van der Waals surface area contributed by atoms with Crippen LogP contribution in [0, 0.1) is 5.92 Å². The van der Waals surface area contributed by atoms with Gasteiger partial charge in [-0.2, -0.15) is 0 Å². The number of nitrogens with zero attached hydrogens (tertiary/aromatic N) is 1. The van der Waals surface area contributed by atoms with Gasteiger partial charge in [0, 0.05) is 30.6 Å². The van der Waals surface area contributed by atoms with Crippen LogP contribution in [-0.2, 0) is 4.79 Å². The number of nitrogens with two attached hydrogens (primary N) is 1. The molecule has 5 heteroatoms. The molecule has 3 N–H and O–H groups in total. The van der Waals surface area contributed by atoms with E-state index in [0.717, 1.165) is 11.3 Å². The zero-order valence-electron chi connectivity index (χ0n) is 11.6. The van der Waals surface area contributed by atoms with Gasteiger partial charge in [-0.3, -0.25) is 9.69 Å². The Morgan fingerprint density at radius 2 is 2.25 bits per heavy atom. The number of aliphatic carboxylic acids is 1. The summed E-state index contributed by atoms with van der Waals surface area (Å²) in [6, 6.07) is 8.17. The monoisotopic (exact) mass is 276 g/mol. The third-order valence-corrected chi connectivity index (χ3v) is 4.43. The first-order valence-electron chi connectivity index (χ1n) is 6.99. The molecule has 3 rings (SSSR count). The summed E-state index contributed by atoms with van der Waals surface area (Å²) >= 11 is 0. The summed E-state index contributed by atoms with van der Waals surface area (Å²) in [4.78, 5) is 13.5. The van der Waals surface area contributed by atoms with Crippen molar-refractivity contribution in [2.45, 2.75) is 24.9 Å². The molecule has 2 aliphatic heterocycles. The fraction of sp³-hybridized carbons (Fsp3) is 0.533. The number of rotatable bonds is 2. The van der Waals surface area contributed by atoms with Gasteiger partial charge in [0.1, 0.15) is 11.3 Å². The van der Waals surface area contributed by atoms with Crippen LogP contribution < -0.4 is 10.5 Å². The molecular weight excluding hydrogens is 256 g/mol. The third-order valence-electron chi connectivity index (χ3n) is 4.43. The topological polar surface area (TPSA) is 75.8 Å². The van der Waals surface area contributed by atoms with Crippen molar-refractivity contribution in [3.8, 4) is 5.75 Å². The van der Waals surface area contributed by atoms with Crippen molar-refractivity contribution in [3.05, 3.63) is 29.8 Å². The standard InChI is InChI=1S/C15H20N2O3/c1-10-8-20-12-5-3-2-4-11(12)13(10)17-7-6-15(16,9-17)14(18)19/h2-5,10,13H,6-9,16H2,1H3,(H,18,19). The van der Waals surface area contributed by atoms with E-state index in [1.165, 1.54) is 0 Å². The van der Waals surface area contributed by atoms with E-state index in [4.69, 9.17) is 10.5 Å². The van der Waals surface area contributed by atoms with Crippen molar-refractivity contribution in [1.82, 2.24) is 4.90 Å². The fourth-order valence-corrected chi connectivity index (χ4v) is 3.31. The van der Waals surface area contributed by atoms with Crippen LogP contribution in [0.25, 0.3) is 0 Å². The first kappa shape index (κ1) is 13.4. The number of para-hydroxylation sites is 1. The molecule has 0 spiro atoms. The number of likely N-dealkylation sites (tertiary alicyclic amines) is 1. The highest BCUT2D eigenvalue weighted by Gasteiger charge is 2.45. The van der Waals surface area contributed by atoms with Crippen molar-refractivity contribution in [2.24, 2.45) is 11.7 Å². The molecule has 0 aliphatic carbocycles. The summed E-state index contributed by atoms with van der Waals surface area (Å²) in [5, 5.41) is 9.27. The van der Waals surface area contributed by atoms with Gasteiger partial charge in [-0.25, -0.2) is 0 Å². The van der Waals surface area contributed by atoms with Crippen LogP contribution in [0.5, 0.6) is 5.75 Å². The second kappa shape index (κ2) is 4.75. The maximum absolute atomic E-state index is 11.3. The lowest BCUT2D eigenvalue weighted by molar-refractivity contribution is -0.142. The smallest absolute Gasteiger partial charge is 0.325 e. The summed E-state index contributed by atoms with van der Waals surface area (Å²) in [5.74, 6) is 0.314. The highest BCUT2D eigenvalue weighted by molar-refractivity contribution is 5.79. The van der Waals surface area contributed by atoms with E-state index in [0.29, 0.717) is 32.0 Å². The number of carbonyl (C=O) groups is 1. The Morgan fingerprint density at radius 1 is 1.50 bits per heavy atom. The zero-order chi connectivity index (χ0) is 14.3. The summed E-state index contributed by atoms with van der Waals surface area (Å²) in [5.41, 5.74) is 6.01. The predicted octanol–water partition coefficient (Wildman–Crippen LogP) is 1.24. The van der Waals surface area contributed by atoms with Crippen LogP contribution in [0.4, 0.5) is 0 Å². The van der Waals surface area contributed by atoms with Crippen molar-refractivity contribution >= 4 is 5.97 Å². The fourth-order valence-electron chi connectivity index (χ4n) is 3.31. The molecule has 1 saturated heterocycles. The molecular formula is C15H20N2O3. The number of ether oxygens (including phenoxy) is 1. The Morgan fingerprint density at radius 3 is 2.95 bits per heavy atom. The molecule has 2 heterocycles. The van der Waals surface area contributed by atoms with E-state index in [2.05, 4.69) is 17.9 Å². The molecule has 3 atom stereocenters. The Balaban J connectivity index is 1.89. The number of hydrogen-bond donors (Lipinski definition) is 2. The molecule has 108 valence electrons. The molecule has 1 aromatic rings. The van der Waals surface area contributed by atoms with Crippen LogP contribution in [0.2, 0.25) is 0 Å². The third kappa shape index (κ3) is 2.07. The van der Waals surface area contributed by atoms with Crippen LogP contribution in [0.3, 0.4) is 0 Å². The molecule has 5 nitrogen and oxygen atoms in total. The zero-order valence-corrected chi connectivity index (χ0v) is 11.6. The van der Waals surface area contributed by atoms with Crippen molar-refractivity contribution in [3.63, 3.8) is 0 Å². The quantitative estimate of drug-likeness (QED) is 0.850. The van der Waals surface area contributed by atoms with E-state index in [-0.39, 0.29) is 6.04 Å². The van der Waals surface area contributed by atoms with Crippen LogP contribution in [-0.4, -0.2) is 41.2 Å². The maximum atomic E-state index is 11.3. The Hall–Kier alpha value is -1.59. The van der Waals surface area contributed by atoms with E-state index < -0.39 is 11.5 Å². The molecule has 3 unspecified atom stereocenters. The van der Waals surface area contributed by atoms with Gasteiger partial charge in [0.2, 0.25) is 0 Å². The maximum Gasteiger partial charge on any atom is 0.325 e. The Labute approximate surface area is 118 Å². The summed E-state index contributed by atoms with van der Waals surface area (Å²) in [6.07, 6.45) is 0.495. The summed E-state index contributed by atoms with van der Waals surface area (Å²) in [6.45, 7) is 3.90. The van der Waals surface area contributed by atoms with E-state index >= 15 is 0 Å². The molecule has 2 aliphatic rings. The molecule has 20 heavy (non-hydrogen) atoms. The lowest BCUT2D eigenvalue weighted by Gasteiger charge is -2.38. The molecule has 0 amide bonds. The van der Waals surface area contributed by atoms with E-state index in [1.54, 1.807) is 0 Å². The largest absolute Gasteiger partial charge is 0.493 e. The lowest BCUT2D eigenvalue weighted by Crippen LogP contribution is -2.51. The first-order chi connectivity index (χ1) is 9.51. The van der Waals surface area contributed by atoms with Gasteiger partial charge in [0.25, 0.3) is 0 Å². The van der Waals surface area contributed by atoms with Gasteiger partial charge in [-0.1, -0.05) is 25.1 Å². The number of benzene rings is 1. The first-order valence-corrected chi connectivity index (χ1v) is 6.99. The van der Waals surface area contributed by atoms with Gasteiger partial charge in [0.15, 0.2) is 0 Å². The predicted molar refractivity (Wildman–Crippen MR) is 74.6 cm³/mol. The Kier molecular flexibility index (Phi) is 3.18. The van der Waals surface area contributed by atoms with Crippen molar-refractivity contribution < 1.29 is 14.6 Å². The van der Waals surface area contributed by atoms with Crippen molar-refractivity contribution in [2.75, 3.05) is 19.7 Å². The van der Waals surface area contributed by atoms with Gasteiger partial charge in [0.05, 0.1) is 6.61 Å². The van der Waals surface area contributed by atoms with Gasteiger partial charge in [-0.15, -0.1) is 0 Å². The molecule has 1 aromatic carbocycles. The van der Waals surface area contributed by atoms with Crippen LogP contribution in [0.15, 0.2) is 24.3 Å². The average molecular weight is 276 g/mol. The molecule has 1 fully saturated rings. The second-order valence-electron chi connectivity index (χ2n) is 5.95. The van der Waals surface area contributed by atoms with Crippen molar-refractivity contribution in [1.29, 1.82) is 0 Å². The number of fused-ring (bicyclic) bond motifs is 1. The minimum Gasteiger partial charge on any atom is -0.493 e. The van der Waals surface area contributed by atoms with E-state index in [9.17, 15) is 9.90 Å². The molecule has 0 saturated carbocycles. The normalized spacial score (nSPS) is 33.5. The van der Waals surface area contributed by atoms with Gasteiger partial charge < -0.3 is 15.6 Å². The van der Waals surface area contributed by atoms with Gasteiger partial charge >= 0.3 is 5.97 Å². The second-order valence-corrected chi connectivity index (χ2v) is 5.95. The van der Waals surface area contributed by atoms with Crippen LogP contribution >= 0.6 is 0 Å². The summed E-state index contributed by atoms with van der Waals surface area (Å²) in [7, 11) is 0. The van der Waals surface area contributed by atoms with Crippen LogP contribution in [0.1, 0.15) is 24.9 Å². The van der Waals surface area contributed by atoms with E-state index in [1.807, 2.05) is 18.2 Å². The number of hydrogen-bond acceptors (Lipinski definition) is 4. The molecule has 0 radical (unpaired) electrons. The summed E-state index contributed by atoms with van der Waals surface area (Å²) < 4.78 is 5.75. The minimum absolute atomic E-state index is 0.185. The highest BCUT2D eigenvalue weighted by atomic mass is 16.5. The Bertz CT molecular complexity index is 534. The average Bonchev–Trinajstić information content (AvgIpc) is 2.82. The minimum atomic E-state index is -1.12. The lowest BCUT2D eigenvalue weighted by atomic mass is 9.90. The number of carboxylic acids is 1. The molecule has 0 aromatic heterocycles. The SMILES string of the molecule is CC1COc2ccccc2C1N1CCC(N)(C(=O)O)C1. The number of carboxylic acid groups (broad SMARTS) is 1.